The van der Waals surface area contributed by atoms with E-state index in [2.05, 4.69) is 12.2 Å². The number of carbonyl (C=O) groups is 1. The van der Waals surface area contributed by atoms with Gasteiger partial charge in [-0.1, -0.05) is 50.8 Å². The van der Waals surface area contributed by atoms with Crippen LogP contribution in [-0.4, -0.2) is 5.91 Å². The molecule has 136 valence electrons. The van der Waals surface area contributed by atoms with E-state index in [9.17, 15) is 9.59 Å². The molecule has 0 bridgehead atoms. The van der Waals surface area contributed by atoms with E-state index >= 15 is 0 Å². The van der Waals surface area contributed by atoms with Gasteiger partial charge in [0, 0.05) is 21.2 Å². The van der Waals surface area contributed by atoms with Gasteiger partial charge in [-0.3, -0.25) is 9.59 Å². The molecular weight excluding hydrogens is 342 g/mol. The summed E-state index contributed by atoms with van der Waals surface area (Å²) < 4.78 is 1.93. The quantitative estimate of drug-likeness (QED) is 0.410. The molecule has 0 atom stereocenters. The van der Waals surface area contributed by atoms with Crippen LogP contribution in [0.3, 0.4) is 0 Å². The highest BCUT2D eigenvalue weighted by Gasteiger charge is 2.13. The molecule has 26 heavy (non-hydrogen) atoms. The molecule has 3 rings (SSSR count). The zero-order valence-electron chi connectivity index (χ0n) is 15.4. The summed E-state index contributed by atoms with van der Waals surface area (Å²) in [7, 11) is 0. The van der Waals surface area contributed by atoms with Gasteiger partial charge in [0.25, 0.3) is 0 Å². The minimum atomic E-state index is -0.00999. The van der Waals surface area contributed by atoms with Crippen LogP contribution in [0.25, 0.3) is 20.2 Å². The van der Waals surface area contributed by atoms with Crippen LogP contribution in [0.5, 0.6) is 0 Å². The van der Waals surface area contributed by atoms with Gasteiger partial charge >= 0.3 is 0 Å². The molecule has 0 aliphatic carbocycles. The average molecular weight is 368 g/mol. The Balaban J connectivity index is 1.89. The second-order valence-electron chi connectivity index (χ2n) is 6.77. The largest absolute Gasteiger partial charge is 0.325 e. The predicted molar refractivity (Wildman–Crippen MR) is 112 cm³/mol. The fourth-order valence-corrected chi connectivity index (χ4v) is 4.41. The summed E-state index contributed by atoms with van der Waals surface area (Å²) in [5.74, 6) is -0.00999. The van der Waals surface area contributed by atoms with E-state index in [1.165, 1.54) is 19.3 Å². The number of hydrogen-bond acceptors (Lipinski definition) is 3. The van der Waals surface area contributed by atoms with E-state index < -0.39 is 0 Å². The summed E-state index contributed by atoms with van der Waals surface area (Å²) in [5.41, 5.74) is 1.69. The van der Waals surface area contributed by atoms with Crippen molar-refractivity contribution in [3.05, 3.63) is 52.2 Å². The molecule has 0 radical (unpaired) electrons. The van der Waals surface area contributed by atoms with E-state index in [4.69, 9.17) is 0 Å². The minimum Gasteiger partial charge on any atom is -0.325 e. The Kier molecular flexibility index (Phi) is 6.04. The highest BCUT2D eigenvalue weighted by atomic mass is 32.1. The van der Waals surface area contributed by atoms with Gasteiger partial charge in [0.2, 0.25) is 5.91 Å². The molecule has 2 aromatic carbocycles. The number of benzene rings is 2. The number of rotatable bonds is 7. The first-order chi connectivity index (χ1) is 12.6. The number of anilines is 1. The number of carbonyl (C=O) groups excluding carboxylic acids is 1. The maximum absolute atomic E-state index is 13.0. The Morgan fingerprint density at radius 2 is 1.81 bits per heavy atom. The van der Waals surface area contributed by atoms with Gasteiger partial charge in [-0.05, 0) is 37.1 Å². The summed E-state index contributed by atoms with van der Waals surface area (Å²) in [6.45, 7) is 4.19. The molecule has 1 aromatic heterocycles. The number of aryl methyl sites for hydroxylation is 1. The Morgan fingerprint density at radius 3 is 2.62 bits per heavy atom. The summed E-state index contributed by atoms with van der Waals surface area (Å²) in [5, 5.41) is 4.32. The second kappa shape index (κ2) is 8.45. The third-order valence-electron chi connectivity index (χ3n) is 4.71. The Hall–Kier alpha value is -2.20. The number of nitrogens with one attached hydrogen (secondary N) is 1. The molecule has 3 nitrogen and oxygen atoms in total. The smallest absolute Gasteiger partial charge is 0.224 e. The van der Waals surface area contributed by atoms with E-state index in [-0.39, 0.29) is 11.3 Å². The maximum Gasteiger partial charge on any atom is 0.224 e. The van der Waals surface area contributed by atoms with Gasteiger partial charge in [0.1, 0.15) is 0 Å². The van der Waals surface area contributed by atoms with E-state index in [0.29, 0.717) is 22.9 Å². The SMILES string of the molecule is CCCCCCCC(=O)Nc1ccc(C)c2sc3ccccc3c(=O)c12. The van der Waals surface area contributed by atoms with E-state index in [1.807, 2.05) is 43.3 Å². The molecule has 0 saturated heterocycles. The first kappa shape index (κ1) is 18.6. The Bertz CT molecular complexity index is 991. The van der Waals surface area contributed by atoms with Gasteiger partial charge in [-0.25, -0.2) is 0 Å². The first-order valence-corrected chi connectivity index (χ1v) is 10.2. The van der Waals surface area contributed by atoms with Gasteiger partial charge < -0.3 is 5.32 Å². The third kappa shape index (κ3) is 3.96. The van der Waals surface area contributed by atoms with E-state index in [1.54, 1.807) is 11.3 Å². The summed E-state index contributed by atoms with van der Waals surface area (Å²) >= 11 is 1.61. The Morgan fingerprint density at radius 1 is 1.04 bits per heavy atom. The topological polar surface area (TPSA) is 46.2 Å². The molecule has 1 amide bonds. The molecule has 0 aliphatic rings. The lowest BCUT2D eigenvalue weighted by Gasteiger charge is -2.11. The molecule has 4 heteroatoms. The molecule has 0 fully saturated rings. The maximum atomic E-state index is 13.0. The van der Waals surface area contributed by atoms with Crippen LogP contribution in [0.1, 0.15) is 51.0 Å². The molecular formula is C22H25NO2S. The van der Waals surface area contributed by atoms with Crippen LogP contribution in [0.2, 0.25) is 0 Å². The first-order valence-electron chi connectivity index (χ1n) is 9.37. The monoisotopic (exact) mass is 367 g/mol. The molecule has 0 aliphatic heterocycles. The van der Waals surface area contributed by atoms with Crippen LogP contribution in [0.4, 0.5) is 5.69 Å². The molecule has 0 unspecified atom stereocenters. The van der Waals surface area contributed by atoms with Crippen molar-refractivity contribution < 1.29 is 4.79 Å². The van der Waals surface area contributed by atoms with Gasteiger partial charge in [-0.15, -0.1) is 11.3 Å². The van der Waals surface area contributed by atoms with Crippen molar-refractivity contribution in [3.8, 4) is 0 Å². The van der Waals surface area contributed by atoms with Crippen molar-refractivity contribution in [1.29, 1.82) is 0 Å². The number of unbranched alkanes of at least 4 members (excludes halogenated alkanes) is 4. The van der Waals surface area contributed by atoms with Gasteiger partial charge in [0.05, 0.1) is 11.1 Å². The van der Waals surface area contributed by atoms with Crippen molar-refractivity contribution in [2.24, 2.45) is 0 Å². The molecule has 0 spiro atoms. The number of fused-ring (bicyclic) bond motifs is 2. The van der Waals surface area contributed by atoms with Crippen molar-refractivity contribution in [3.63, 3.8) is 0 Å². The lowest BCUT2D eigenvalue weighted by molar-refractivity contribution is -0.116. The highest BCUT2D eigenvalue weighted by Crippen LogP contribution is 2.31. The summed E-state index contributed by atoms with van der Waals surface area (Å²) in [6.07, 6.45) is 6.07. The number of hydrogen-bond donors (Lipinski definition) is 1. The lowest BCUT2D eigenvalue weighted by Crippen LogP contribution is -2.14. The van der Waals surface area contributed by atoms with Crippen LogP contribution < -0.4 is 10.7 Å². The van der Waals surface area contributed by atoms with Gasteiger partial charge in [-0.2, -0.15) is 0 Å². The second-order valence-corrected chi connectivity index (χ2v) is 7.83. The summed E-state index contributed by atoms with van der Waals surface area (Å²) in [4.78, 5) is 25.4. The van der Waals surface area contributed by atoms with Crippen LogP contribution >= 0.6 is 11.3 Å². The lowest BCUT2D eigenvalue weighted by atomic mass is 10.1. The van der Waals surface area contributed by atoms with Crippen molar-refractivity contribution in [2.45, 2.75) is 52.4 Å². The van der Waals surface area contributed by atoms with Crippen LogP contribution in [-0.2, 0) is 4.79 Å². The zero-order chi connectivity index (χ0) is 18.5. The molecule has 1 heterocycles. The zero-order valence-corrected chi connectivity index (χ0v) is 16.2. The predicted octanol–water partition coefficient (Wildman–Crippen LogP) is 6.02. The average Bonchev–Trinajstić information content (AvgIpc) is 2.64. The van der Waals surface area contributed by atoms with Crippen LogP contribution in [0, 0.1) is 6.92 Å². The Labute approximate surface area is 158 Å². The standard InChI is InChI=1S/C22H25NO2S/c1-3-4-5-6-7-12-19(24)23-17-14-13-15(2)22-20(17)21(25)16-10-8-9-11-18(16)26-22/h8-11,13-14H,3-7,12H2,1-2H3,(H,23,24). The van der Waals surface area contributed by atoms with Crippen molar-refractivity contribution in [2.75, 3.05) is 5.32 Å². The fraction of sp³-hybridized carbons (Fsp3) is 0.364. The van der Waals surface area contributed by atoms with Gasteiger partial charge in [0.15, 0.2) is 5.43 Å². The fourth-order valence-electron chi connectivity index (χ4n) is 3.24. The number of amides is 1. The van der Waals surface area contributed by atoms with Crippen molar-refractivity contribution in [1.82, 2.24) is 0 Å². The minimum absolute atomic E-state index is 0.00343. The normalized spacial score (nSPS) is 11.2. The highest BCUT2D eigenvalue weighted by molar-refractivity contribution is 7.24. The molecule has 1 N–H and O–H groups in total. The summed E-state index contributed by atoms with van der Waals surface area (Å²) in [6, 6.07) is 11.5. The molecule has 3 aromatic rings. The third-order valence-corrected chi connectivity index (χ3v) is 6.01. The van der Waals surface area contributed by atoms with E-state index in [0.717, 1.165) is 27.8 Å². The van der Waals surface area contributed by atoms with Crippen molar-refractivity contribution >= 4 is 43.1 Å². The van der Waals surface area contributed by atoms with Crippen LogP contribution in [0.15, 0.2) is 41.2 Å². The molecule has 0 saturated carbocycles.